The molecule has 1 fully saturated rings. The van der Waals surface area contributed by atoms with Crippen molar-refractivity contribution in [3.05, 3.63) is 52.6 Å². The van der Waals surface area contributed by atoms with Gasteiger partial charge in [-0.05, 0) is 18.6 Å². The minimum atomic E-state index is -0.726. The van der Waals surface area contributed by atoms with Gasteiger partial charge in [0.2, 0.25) is 0 Å². The van der Waals surface area contributed by atoms with Crippen LogP contribution in [0.4, 0.5) is 5.69 Å². The molecule has 8 heteroatoms. The van der Waals surface area contributed by atoms with Crippen molar-refractivity contribution in [1.82, 2.24) is 9.78 Å². The predicted octanol–water partition coefficient (Wildman–Crippen LogP) is 2.21. The fraction of sp³-hybridized carbons (Fsp3) is 0.278. The van der Waals surface area contributed by atoms with Crippen LogP contribution in [-0.4, -0.2) is 36.0 Å². The molecule has 1 N–H and O–H groups in total. The molecule has 3 heterocycles. The summed E-state index contributed by atoms with van der Waals surface area (Å²) in [7, 11) is 1.49. The summed E-state index contributed by atoms with van der Waals surface area (Å²) in [4.78, 5) is 24.7. The number of hydrogen-bond acceptors (Lipinski definition) is 6. The van der Waals surface area contributed by atoms with E-state index in [0.29, 0.717) is 35.6 Å². The monoisotopic (exact) mass is 355 g/mol. The van der Waals surface area contributed by atoms with E-state index in [-0.39, 0.29) is 11.6 Å². The number of ether oxygens (including phenoxy) is 2. The third-order valence-corrected chi connectivity index (χ3v) is 4.33. The molecule has 1 aliphatic rings. The average Bonchev–Trinajstić information content (AvgIpc) is 3.32. The van der Waals surface area contributed by atoms with Gasteiger partial charge in [-0.2, -0.15) is 5.10 Å². The maximum atomic E-state index is 12.5. The van der Waals surface area contributed by atoms with Crippen LogP contribution in [-0.2, 0) is 4.74 Å². The van der Waals surface area contributed by atoms with E-state index < -0.39 is 11.5 Å². The molecule has 0 unspecified atom stereocenters. The lowest BCUT2D eigenvalue weighted by Gasteiger charge is -2.07. The third kappa shape index (κ3) is 2.95. The first-order valence-electron chi connectivity index (χ1n) is 8.20. The van der Waals surface area contributed by atoms with Gasteiger partial charge in [-0.25, -0.2) is 4.79 Å². The zero-order valence-electron chi connectivity index (χ0n) is 14.1. The Balaban J connectivity index is 1.60. The van der Waals surface area contributed by atoms with E-state index in [1.165, 1.54) is 13.2 Å². The van der Waals surface area contributed by atoms with Gasteiger partial charge >= 0.3 is 5.63 Å². The molecule has 1 aromatic carbocycles. The van der Waals surface area contributed by atoms with Crippen LogP contribution in [0, 0.1) is 0 Å². The molecule has 1 amide bonds. The summed E-state index contributed by atoms with van der Waals surface area (Å²) in [6, 6.07) is 6.85. The van der Waals surface area contributed by atoms with Crippen molar-refractivity contribution < 1.29 is 18.7 Å². The lowest BCUT2D eigenvalue weighted by atomic mass is 10.1. The molecule has 1 aliphatic heterocycles. The number of carbonyl (C=O) groups is 1. The van der Waals surface area contributed by atoms with Gasteiger partial charge in [0.1, 0.15) is 5.56 Å². The Morgan fingerprint density at radius 3 is 3.08 bits per heavy atom. The van der Waals surface area contributed by atoms with E-state index in [4.69, 9.17) is 13.9 Å². The zero-order chi connectivity index (χ0) is 18.1. The quantitative estimate of drug-likeness (QED) is 0.721. The molecule has 0 aliphatic carbocycles. The van der Waals surface area contributed by atoms with Crippen LogP contribution >= 0.6 is 0 Å². The Morgan fingerprint density at radius 2 is 2.31 bits per heavy atom. The second-order valence-corrected chi connectivity index (χ2v) is 6.01. The molecule has 3 aromatic rings. The number of para-hydroxylation sites is 1. The number of aromatic nitrogens is 2. The molecule has 1 saturated heterocycles. The number of rotatable bonds is 4. The summed E-state index contributed by atoms with van der Waals surface area (Å²) < 4.78 is 17.6. The van der Waals surface area contributed by atoms with E-state index in [9.17, 15) is 9.59 Å². The number of amides is 1. The number of anilines is 1. The Morgan fingerprint density at radius 1 is 1.42 bits per heavy atom. The molecule has 8 nitrogen and oxygen atoms in total. The highest BCUT2D eigenvalue weighted by molar-refractivity contribution is 6.05. The average molecular weight is 355 g/mol. The number of carbonyl (C=O) groups excluding carboxylic acids is 1. The Kier molecular flexibility index (Phi) is 4.18. The van der Waals surface area contributed by atoms with Crippen molar-refractivity contribution in [3.8, 4) is 5.75 Å². The van der Waals surface area contributed by atoms with Crippen molar-refractivity contribution in [3.63, 3.8) is 0 Å². The van der Waals surface area contributed by atoms with Gasteiger partial charge in [-0.3, -0.25) is 9.48 Å². The zero-order valence-corrected chi connectivity index (χ0v) is 14.1. The summed E-state index contributed by atoms with van der Waals surface area (Å²) in [6.45, 7) is 1.30. The van der Waals surface area contributed by atoms with Crippen LogP contribution in [0.3, 0.4) is 0 Å². The minimum absolute atomic E-state index is 0.0808. The molecule has 0 spiro atoms. The fourth-order valence-corrected chi connectivity index (χ4v) is 2.97. The van der Waals surface area contributed by atoms with Crippen molar-refractivity contribution in [2.45, 2.75) is 12.5 Å². The number of hydrogen-bond donors (Lipinski definition) is 1. The Hall–Kier alpha value is -3.13. The molecular formula is C18H17N3O5. The number of methoxy groups -OCH3 is 1. The van der Waals surface area contributed by atoms with Crippen LogP contribution in [0.5, 0.6) is 5.75 Å². The molecule has 0 bridgehead atoms. The number of nitrogens with one attached hydrogen (secondary N) is 1. The van der Waals surface area contributed by atoms with Crippen LogP contribution in [0.2, 0.25) is 0 Å². The van der Waals surface area contributed by atoms with Gasteiger partial charge in [-0.15, -0.1) is 0 Å². The molecule has 1 atom stereocenters. The topological polar surface area (TPSA) is 95.6 Å². The lowest BCUT2D eigenvalue weighted by molar-refractivity contribution is 0.102. The highest BCUT2D eigenvalue weighted by atomic mass is 16.5. The molecule has 2 aromatic heterocycles. The Bertz CT molecular complexity index is 1020. The normalized spacial score (nSPS) is 16.7. The molecule has 0 radical (unpaired) electrons. The maximum Gasteiger partial charge on any atom is 0.349 e. The number of nitrogens with zero attached hydrogens (tertiary/aromatic N) is 2. The van der Waals surface area contributed by atoms with E-state index in [1.807, 2.05) is 0 Å². The Labute approximate surface area is 148 Å². The van der Waals surface area contributed by atoms with E-state index in [0.717, 1.165) is 6.42 Å². The highest BCUT2D eigenvalue weighted by Crippen LogP contribution is 2.25. The molecule has 26 heavy (non-hydrogen) atoms. The summed E-state index contributed by atoms with van der Waals surface area (Å²) in [5.41, 5.74) is 0.0106. The maximum absolute atomic E-state index is 12.5. The predicted molar refractivity (Wildman–Crippen MR) is 93.7 cm³/mol. The third-order valence-electron chi connectivity index (χ3n) is 4.33. The van der Waals surface area contributed by atoms with Crippen LogP contribution in [0.15, 0.2) is 45.9 Å². The summed E-state index contributed by atoms with van der Waals surface area (Å²) >= 11 is 0. The summed E-state index contributed by atoms with van der Waals surface area (Å²) in [5, 5.41) is 7.53. The summed E-state index contributed by atoms with van der Waals surface area (Å²) in [6.07, 6.45) is 4.15. The lowest BCUT2D eigenvalue weighted by Crippen LogP contribution is -2.20. The van der Waals surface area contributed by atoms with E-state index in [2.05, 4.69) is 10.4 Å². The minimum Gasteiger partial charge on any atom is -0.493 e. The van der Waals surface area contributed by atoms with E-state index >= 15 is 0 Å². The second kappa shape index (κ2) is 6.64. The van der Waals surface area contributed by atoms with Crippen molar-refractivity contribution >= 4 is 22.6 Å². The first-order valence-corrected chi connectivity index (χ1v) is 8.20. The molecule has 134 valence electrons. The molecule has 0 saturated carbocycles. The molecular weight excluding hydrogens is 338 g/mol. The van der Waals surface area contributed by atoms with Gasteiger partial charge in [0, 0.05) is 18.2 Å². The van der Waals surface area contributed by atoms with E-state index in [1.54, 1.807) is 35.3 Å². The van der Waals surface area contributed by atoms with Crippen LogP contribution in [0.25, 0.3) is 11.0 Å². The number of benzene rings is 1. The van der Waals surface area contributed by atoms with Crippen LogP contribution in [0.1, 0.15) is 22.8 Å². The van der Waals surface area contributed by atoms with Gasteiger partial charge in [0.25, 0.3) is 5.91 Å². The first-order chi connectivity index (χ1) is 12.7. The first kappa shape index (κ1) is 16.3. The van der Waals surface area contributed by atoms with Crippen molar-refractivity contribution in [1.29, 1.82) is 0 Å². The van der Waals surface area contributed by atoms with Crippen molar-refractivity contribution in [2.24, 2.45) is 0 Å². The van der Waals surface area contributed by atoms with Gasteiger partial charge in [0.15, 0.2) is 11.3 Å². The standard InChI is InChI=1S/C18H17N3O5/c1-24-15-4-2-3-11-7-14(18(23)26-16(11)15)17(22)20-12-8-19-21(9-12)13-5-6-25-10-13/h2-4,7-9,13H,5-6,10H2,1H3,(H,20,22)/t13-/m0/s1. The smallest absolute Gasteiger partial charge is 0.349 e. The second-order valence-electron chi connectivity index (χ2n) is 6.01. The molecule has 4 rings (SSSR count). The van der Waals surface area contributed by atoms with Gasteiger partial charge in [-0.1, -0.05) is 12.1 Å². The van der Waals surface area contributed by atoms with Gasteiger partial charge < -0.3 is 19.2 Å². The summed E-state index contributed by atoms with van der Waals surface area (Å²) in [5.74, 6) is -0.114. The fourth-order valence-electron chi connectivity index (χ4n) is 2.97. The highest BCUT2D eigenvalue weighted by Gasteiger charge is 2.20. The van der Waals surface area contributed by atoms with Crippen LogP contribution < -0.4 is 15.7 Å². The largest absolute Gasteiger partial charge is 0.493 e. The SMILES string of the molecule is COc1cccc2cc(C(=O)Nc3cnn([C@H]4CCOC4)c3)c(=O)oc12. The van der Waals surface area contributed by atoms with Gasteiger partial charge in [0.05, 0.1) is 31.6 Å². The number of fused-ring (bicyclic) bond motifs is 1. The van der Waals surface area contributed by atoms with Crippen molar-refractivity contribution in [2.75, 3.05) is 25.6 Å².